The molecule has 0 aliphatic carbocycles. The average molecular weight is 401 g/mol. The van der Waals surface area contributed by atoms with Gasteiger partial charge in [0, 0.05) is 38.2 Å². The van der Waals surface area contributed by atoms with Crippen molar-refractivity contribution in [3.8, 4) is 0 Å². The highest BCUT2D eigenvalue weighted by Gasteiger charge is 2.32. The number of likely N-dealkylation sites (tertiary alicyclic amines) is 1. The van der Waals surface area contributed by atoms with Crippen LogP contribution in [0.4, 0.5) is 5.69 Å². The molecule has 0 unspecified atom stereocenters. The van der Waals surface area contributed by atoms with Crippen LogP contribution >= 0.6 is 0 Å². The molecule has 0 spiro atoms. The number of amides is 1. The summed E-state index contributed by atoms with van der Waals surface area (Å²) in [4.78, 5) is 14.6. The number of anilines is 1. The lowest BCUT2D eigenvalue weighted by molar-refractivity contribution is -0.132. The Morgan fingerprint density at radius 2 is 2.14 bits per heavy atom. The maximum atomic E-state index is 12.6. The lowest BCUT2D eigenvalue weighted by Crippen LogP contribution is -2.44. The molecule has 9 heteroatoms. The van der Waals surface area contributed by atoms with Gasteiger partial charge in [-0.05, 0) is 37.5 Å². The number of fused-ring (bicyclic) bond motifs is 1. The number of carbonyl (C=O) groups excluding carboxylic acids is 1. The molecule has 4 rings (SSSR count). The van der Waals surface area contributed by atoms with Gasteiger partial charge >= 0.3 is 0 Å². The van der Waals surface area contributed by atoms with Crippen molar-refractivity contribution < 1.29 is 13.2 Å². The zero-order chi connectivity index (χ0) is 19.7. The third kappa shape index (κ3) is 3.80. The van der Waals surface area contributed by atoms with Crippen LogP contribution in [0.15, 0.2) is 46.0 Å². The van der Waals surface area contributed by atoms with Gasteiger partial charge in [-0.2, -0.15) is 13.5 Å². The van der Waals surface area contributed by atoms with Gasteiger partial charge in [-0.3, -0.25) is 9.48 Å². The van der Waals surface area contributed by atoms with Crippen LogP contribution in [0.3, 0.4) is 0 Å². The fourth-order valence-electron chi connectivity index (χ4n) is 3.70. The topological polar surface area (TPSA) is 96.7 Å². The van der Waals surface area contributed by atoms with Crippen molar-refractivity contribution in [2.75, 3.05) is 18.4 Å². The molecule has 1 N–H and O–H groups in total. The van der Waals surface area contributed by atoms with Crippen LogP contribution in [-0.4, -0.2) is 47.9 Å². The minimum absolute atomic E-state index is 0.0533. The largest absolute Gasteiger partial charge is 0.342 e. The van der Waals surface area contributed by atoms with Gasteiger partial charge in [-0.25, -0.2) is 0 Å². The summed E-state index contributed by atoms with van der Waals surface area (Å²) in [5, 5.41) is 7.37. The Morgan fingerprint density at radius 3 is 2.93 bits per heavy atom. The van der Waals surface area contributed by atoms with Crippen molar-refractivity contribution >= 4 is 27.5 Å². The number of sulfonamides is 1. The van der Waals surface area contributed by atoms with Crippen molar-refractivity contribution in [1.82, 2.24) is 14.7 Å². The van der Waals surface area contributed by atoms with E-state index < -0.39 is 10.0 Å². The fourth-order valence-corrected chi connectivity index (χ4v) is 4.89. The molecule has 2 aliphatic rings. The summed E-state index contributed by atoms with van der Waals surface area (Å²) in [5.41, 5.74) is 1.61. The van der Waals surface area contributed by atoms with Gasteiger partial charge in [0.1, 0.15) is 10.7 Å². The third-order valence-corrected chi connectivity index (χ3v) is 6.47. The molecule has 1 aromatic carbocycles. The highest BCUT2D eigenvalue weighted by Crippen LogP contribution is 2.30. The summed E-state index contributed by atoms with van der Waals surface area (Å²) in [5.74, 6) is 0.365. The molecule has 1 saturated heterocycles. The highest BCUT2D eigenvalue weighted by molar-refractivity contribution is 7.90. The Labute approximate surface area is 164 Å². The van der Waals surface area contributed by atoms with E-state index in [1.54, 1.807) is 35.1 Å². The fraction of sp³-hybridized carbons (Fsp3) is 0.421. The maximum Gasteiger partial charge on any atom is 0.286 e. The van der Waals surface area contributed by atoms with E-state index in [9.17, 15) is 13.2 Å². The Hall–Kier alpha value is -2.68. The molecule has 0 saturated carbocycles. The zero-order valence-corrected chi connectivity index (χ0v) is 16.5. The molecule has 2 aliphatic heterocycles. The van der Waals surface area contributed by atoms with Gasteiger partial charge in [-0.1, -0.05) is 12.1 Å². The van der Waals surface area contributed by atoms with E-state index in [4.69, 9.17) is 0 Å². The van der Waals surface area contributed by atoms with Crippen LogP contribution in [0, 0.1) is 12.8 Å². The van der Waals surface area contributed by atoms with Crippen LogP contribution in [0.5, 0.6) is 0 Å². The van der Waals surface area contributed by atoms with Crippen LogP contribution in [0.1, 0.15) is 24.8 Å². The SMILES string of the molecule is Cc1cnn(CCC(=O)N2CCC[C@H](C3=NS(=O)(=O)c4ccccc4N3)C2)c1. The number of hydrogen-bond acceptors (Lipinski definition) is 5. The molecule has 28 heavy (non-hydrogen) atoms. The van der Waals surface area contributed by atoms with Crippen LogP contribution in [0.2, 0.25) is 0 Å². The Morgan fingerprint density at radius 1 is 1.32 bits per heavy atom. The predicted octanol–water partition coefficient (Wildman–Crippen LogP) is 2.03. The zero-order valence-electron chi connectivity index (χ0n) is 15.7. The molecule has 1 fully saturated rings. The first-order valence-corrected chi connectivity index (χ1v) is 10.8. The average Bonchev–Trinajstić information content (AvgIpc) is 3.11. The number of nitrogens with zero attached hydrogens (tertiary/aromatic N) is 4. The van der Waals surface area contributed by atoms with Crippen molar-refractivity contribution in [2.45, 2.75) is 37.6 Å². The highest BCUT2D eigenvalue weighted by atomic mass is 32.2. The van der Waals surface area contributed by atoms with Crippen LogP contribution in [-0.2, 0) is 21.4 Å². The number of nitrogens with one attached hydrogen (secondary N) is 1. The quantitative estimate of drug-likeness (QED) is 0.846. The second-order valence-corrected chi connectivity index (χ2v) is 8.85. The van der Waals surface area contributed by atoms with Crippen LogP contribution in [0.25, 0.3) is 0 Å². The van der Waals surface area contributed by atoms with E-state index in [0.29, 0.717) is 37.6 Å². The molecule has 1 aromatic heterocycles. The molecule has 2 aromatic rings. The van der Waals surface area contributed by atoms with Gasteiger partial charge in [-0.15, -0.1) is 4.40 Å². The first kappa shape index (κ1) is 18.7. The summed E-state index contributed by atoms with van der Waals surface area (Å²) in [7, 11) is -3.71. The number of hydrogen-bond donors (Lipinski definition) is 1. The van der Waals surface area contributed by atoms with Gasteiger partial charge in [0.05, 0.1) is 11.9 Å². The van der Waals surface area contributed by atoms with Gasteiger partial charge in [0.15, 0.2) is 0 Å². The smallest absolute Gasteiger partial charge is 0.286 e. The Balaban J connectivity index is 1.44. The first-order valence-electron chi connectivity index (χ1n) is 9.40. The molecule has 0 radical (unpaired) electrons. The number of piperidine rings is 1. The first-order chi connectivity index (χ1) is 13.4. The summed E-state index contributed by atoms with van der Waals surface area (Å²) in [6.45, 7) is 3.66. The number of amidine groups is 1. The number of aromatic nitrogens is 2. The molecular weight excluding hydrogens is 378 g/mol. The van der Waals surface area contributed by atoms with E-state index in [1.807, 2.05) is 18.0 Å². The van der Waals surface area contributed by atoms with Crippen molar-refractivity contribution in [3.63, 3.8) is 0 Å². The number of para-hydroxylation sites is 1. The molecule has 1 amide bonds. The Bertz CT molecular complexity index is 1030. The molecule has 0 bridgehead atoms. The number of rotatable bonds is 4. The lowest BCUT2D eigenvalue weighted by atomic mass is 9.96. The summed E-state index contributed by atoms with van der Waals surface area (Å²) >= 11 is 0. The van der Waals surface area contributed by atoms with Crippen molar-refractivity contribution in [2.24, 2.45) is 10.3 Å². The summed E-state index contributed by atoms with van der Waals surface area (Å²) in [6, 6.07) is 6.75. The number of aryl methyl sites for hydroxylation is 2. The van der Waals surface area contributed by atoms with Gasteiger partial charge in [0.2, 0.25) is 5.91 Å². The summed E-state index contributed by atoms with van der Waals surface area (Å²) < 4.78 is 30.7. The molecular formula is C19H23N5O3S. The van der Waals surface area contributed by atoms with Gasteiger partial charge in [0.25, 0.3) is 10.0 Å². The van der Waals surface area contributed by atoms with Gasteiger partial charge < -0.3 is 10.2 Å². The molecule has 8 nitrogen and oxygen atoms in total. The molecule has 148 valence electrons. The molecule has 1 atom stereocenters. The van der Waals surface area contributed by atoms with Crippen molar-refractivity contribution in [1.29, 1.82) is 0 Å². The standard InChI is InChI=1S/C19H23N5O3S/c1-14-11-20-24(12-14)10-8-18(25)23-9-4-5-15(13-23)19-21-16-6-2-3-7-17(16)28(26,27)22-19/h2-3,6-7,11-12,15H,4-5,8-10,13H2,1H3,(H,21,22)/t15-/m0/s1. The monoisotopic (exact) mass is 401 g/mol. The second kappa shape index (κ2) is 7.38. The van der Waals surface area contributed by atoms with E-state index in [1.165, 1.54) is 0 Å². The third-order valence-electron chi connectivity index (χ3n) is 5.12. The van der Waals surface area contributed by atoms with Crippen molar-refractivity contribution in [3.05, 3.63) is 42.2 Å². The van der Waals surface area contributed by atoms with E-state index in [-0.39, 0.29) is 16.7 Å². The number of carbonyl (C=O) groups is 1. The maximum absolute atomic E-state index is 12.6. The minimum Gasteiger partial charge on any atom is -0.342 e. The number of benzene rings is 1. The second-order valence-electron chi connectivity index (χ2n) is 7.28. The Kier molecular flexibility index (Phi) is 4.92. The van der Waals surface area contributed by atoms with E-state index >= 15 is 0 Å². The van der Waals surface area contributed by atoms with E-state index in [0.717, 1.165) is 18.4 Å². The van der Waals surface area contributed by atoms with E-state index in [2.05, 4.69) is 14.8 Å². The minimum atomic E-state index is -3.71. The predicted molar refractivity (Wildman–Crippen MR) is 106 cm³/mol. The normalized spacial score (nSPS) is 20.8. The summed E-state index contributed by atoms with van der Waals surface area (Å²) in [6.07, 6.45) is 5.67. The lowest BCUT2D eigenvalue weighted by Gasteiger charge is -2.34. The van der Waals surface area contributed by atoms with Crippen LogP contribution < -0.4 is 5.32 Å². The molecule has 3 heterocycles.